The fourth-order valence-electron chi connectivity index (χ4n) is 3.18. The van der Waals surface area contributed by atoms with Gasteiger partial charge >= 0.3 is 0 Å². The van der Waals surface area contributed by atoms with Crippen molar-refractivity contribution >= 4 is 32.6 Å². The summed E-state index contributed by atoms with van der Waals surface area (Å²) in [6, 6.07) is 9.75. The number of rotatable bonds is 6. The predicted octanol–water partition coefficient (Wildman–Crippen LogP) is 3.81. The topological polar surface area (TPSA) is 54.9 Å². The number of ether oxygens (including phenoxy) is 2. The molecule has 2 aromatic carbocycles. The maximum atomic E-state index is 14.3. The zero-order chi connectivity index (χ0) is 20.4. The van der Waals surface area contributed by atoms with Crippen molar-refractivity contribution in [1.29, 1.82) is 0 Å². The molecule has 0 spiro atoms. The highest BCUT2D eigenvalue weighted by Gasteiger charge is 2.24. The molecule has 0 saturated heterocycles. The van der Waals surface area contributed by atoms with Crippen molar-refractivity contribution in [3.63, 3.8) is 0 Å². The molecule has 0 unspecified atom stereocenters. The first-order chi connectivity index (χ1) is 14.0. The maximum absolute atomic E-state index is 14.3. The molecule has 0 bridgehead atoms. The van der Waals surface area contributed by atoms with Crippen LogP contribution in [0.2, 0.25) is 0 Å². The summed E-state index contributed by atoms with van der Waals surface area (Å²) in [6.45, 7) is 2.25. The monoisotopic (exact) mass is 415 g/mol. The molecule has 1 aliphatic heterocycles. The minimum absolute atomic E-state index is 0.0440. The van der Waals surface area contributed by atoms with Crippen molar-refractivity contribution in [3.8, 4) is 11.5 Å². The van der Waals surface area contributed by atoms with Crippen LogP contribution in [0.4, 0.5) is 9.52 Å². The molecular formula is C21H22FN3O3S. The predicted molar refractivity (Wildman–Crippen MR) is 112 cm³/mol. The first kappa shape index (κ1) is 19.6. The third-order valence-corrected chi connectivity index (χ3v) is 5.65. The Morgan fingerprint density at radius 2 is 1.86 bits per heavy atom. The standard InChI is InChI=1S/C21H22FN3O3S/c1-24(2)8-5-9-25(20(26)14-6-3-4-7-15(14)22)21-23-16-12-17-18(13-19(16)29-21)28-11-10-27-17/h3-4,6-7,12-13H,5,8-11H2,1-2H3. The highest BCUT2D eigenvalue weighted by atomic mass is 32.1. The van der Waals surface area contributed by atoms with Crippen LogP contribution in [0.1, 0.15) is 16.8 Å². The van der Waals surface area contributed by atoms with Crippen molar-refractivity contribution in [2.75, 3.05) is 45.3 Å². The van der Waals surface area contributed by atoms with Gasteiger partial charge in [0.25, 0.3) is 5.91 Å². The molecule has 0 N–H and O–H groups in total. The summed E-state index contributed by atoms with van der Waals surface area (Å²) in [5, 5.41) is 0.536. The molecule has 2 heterocycles. The summed E-state index contributed by atoms with van der Waals surface area (Å²) in [5.74, 6) is 0.408. The molecular weight excluding hydrogens is 393 g/mol. The van der Waals surface area contributed by atoms with E-state index in [4.69, 9.17) is 9.47 Å². The van der Waals surface area contributed by atoms with Gasteiger partial charge in [-0.25, -0.2) is 9.37 Å². The minimum atomic E-state index is -0.534. The average molecular weight is 415 g/mol. The third kappa shape index (κ3) is 4.18. The second-order valence-electron chi connectivity index (χ2n) is 7.05. The lowest BCUT2D eigenvalue weighted by Gasteiger charge is -2.21. The summed E-state index contributed by atoms with van der Waals surface area (Å²) in [4.78, 5) is 21.4. The van der Waals surface area contributed by atoms with Gasteiger partial charge in [-0.15, -0.1) is 0 Å². The molecule has 0 radical (unpaired) electrons. The lowest BCUT2D eigenvalue weighted by Crippen LogP contribution is -2.34. The van der Waals surface area contributed by atoms with E-state index >= 15 is 0 Å². The minimum Gasteiger partial charge on any atom is -0.486 e. The number of benzene rings is 2. The second-order valence-corrected chi connectivity index (χ2v) is 8.06. The van der Waals surface area contributed by atoms with Gasteiger partial charge in [0.2, 0.25) is 0 Å². The number of amides is 1. The number of nitrogens with zero attached hydrogens (tertiary/aromatic N) is 3. The van der Waals surface area contributed by atoms with Gasteiger partial charge in [0.05, 0.1) is 15.8 Å². The molecule has 0 saturated carbocycles. The number of hydrogen-bond donors (Lipinski definition) is 0. The van der Waals surface area contributed by atoms with Crippen LogP contribution in [0.3, 0.4) is 0 Å². The number of carbonyl (C=O) groups excluding carboxylic acids is 1. The van der Waals surface area contributed by atoms with E-state index in [0.29, 0.717) is 36.4 Å². The van der Waals surface area contributed by atoms with Gasteiger partial charge in [-0.05, 0) is 39.2 Å². The number of aromatic nitrogens is 1. The molecule has 0 aliphatic carbocycles. The van der Waals surface area contributed by atoms with Gasteiger partial charge in [0.15, 0.2) is 16.6 Å². The molecule has 6 nitrogen and oxygen atoms in total. The zero-order valence-electron chi connectivity index (χ0n) is 16.4. The van der Waals surface area contributed by atoms with E-state index in [9.17, 15) is 9.18 Å². The quantitative estimate of drug-likeness (QED) is 0.613. The van der Waals surface area contributed by atoms with E-state index in [-0.39, 0.29) is 5.56 Å². The Hall–Kier alpha value is -2.71. The van der Waals surface area contributed by atoms with Gasteiger partial charge < -0.3 is 14.4 Å². The Kier molecular flexibility index (Phi) is 5.64. The zero-order valence-corrected chi connectivity index (χ0v) is 17.2. The van der Waals surface area contributed by atoms with E-state index < -0.39 is 11.7 Å². The summed E-state index contributed by atoms with van der Waals surface area (Å²) < 4.78 is 26.4. The number of anilines is 1. The van der Waals surface area contributed by atoms with Crippen LogP contribution >= 0.6 is 11.3 Å². The molecule has 1 aliphatic rings. The normalized spacial score (nSPS) is 13.1. The van der Waals surface area contributed by atoms with Crippen molar-refractivity contribution in [2.45, 2.75) is 6.42 Å². The van der Waals surface area contributed by atoms with Gasteiger partial charge in [-0.1, -0.05) is 23.5 Å². The van der Waals surface area contributed by atoms with E-state index in [2.05, 4.69) is 4.98 Å². The molecule has 0 fully saturated rings. The van der Waals surface area contributed by atoms with Crippen molar-refractivity contribution in [2.24, 2.45) is 0 Å². The van der Waals surface area contributed by atoms with E-state index in [1.807, 2.05) is 31.1 Å². The van der Waals surface area contributed by atoms with Crippen LogP contribution in [-0.4, -0.2) is 56.2 Å². The fraction of sp³-hybridized carbons (Fsp3) is 0.333. The van der Waals surface area contributed by atoms with Crippen molar-refractivity contribution in [1.82, 2.24) is 9.88 Å². The number of fused-ring (bicyclic) bond motifs is 2. The maximum Gasteiger partial charge on any atom is 0.263 e. The molecule has 3 aromatic rings. The van der Waals surface area contributed by atoms with Crippen LogP contribution in [0.15, 0.2) is 36.4 Å². The average Bonchev–Trinajstić information content (AvgIpc) is 3.11. The highest BCUT2D eigenvalue weighted by molar-refractivity contribution is 7.22. The van der Waals surface area contributed by atoms with Gasteiger partial charge in [-0.3, -0.25) is 9.69 Å². The molecule has 1 amide bonds. The summed E-state index contributed by atoms with van der Waals surface area (Å²) in [5.41, 5.74) is 0.774. The SMILES string of the molecule is CN(C)CCCN(C(=O)c1ccccc1F)c1nc2cc3c(cc2s1)OCCO3. The Morgan fingerprint density at radius 1 is 1.14 bits per heavy atom. The lowest BCUT2D eigenvalue weighted by molar-refractivity contribution is 0.0982. The number of thiazole rings is 1. The number of hydrogen-bond acceptors (Lipinski definition) is 6. The molecule has 1 aromatic heterocycles. The molecule has 0 atom stereocenters. The Morgan fingerprint density at radius 3 is 2.59 bits per heavy atom. The number of carbonyl (C=O) groups is 1. The molecule has 152 valence electrons. The van der Waals surface area contributed by atoms with Crippen molar-refractivity contribution in [3.05, 3.63) is 47.8 Å². The van der Waals surface area contributed by atoms with Crippen molar-refractivity contribution < 1.29 is 18.7 Å². The Bertz CT molecular complexity index is 994. The smallest absolute Gasteiger partial charge is 0.263 e. The summed E-state index contributed by atoms with van der Waals surface area (Å²) >= 11 is 1.39. The van der Waals surface area contributed by atoms with Crippen LogP contribution in [-0.2, 0) is 0 Å². The highest BCUT2D eigenvalue weighted by Crippen LogP contribution is 2.39. The van der Waals surface area contributed by atoms with Crippen LogP contribution in [0.5, 0.6) is 11.5 Å². The second kappa shape index (κ2) is 8.34. The fourth-order valence-corrected chi connectivity index (χ4v) is 4.18. The largest absolute Gasteiger partial charge is 0.486 e. The Balaban J connectivity index is 1.70. The number of halogens is 1. The van der Waals surface area contributed by atoms with E-state index in [1.54, 1.807) is 17.0 Å². The first-order valence-electron chi connectivity index (χ1n) is 9.44. The van der Waals surface area contributed by atoms with Gasteiger partial charge in [-0.2, -0.15) is 0 Å². The van der Waals surface area contributed by atoms with Crippen LogP contribution < -0.4 is 14.4 Å². The molecule has 4 rings (SSSR count). The van der Waals surface area contributed by atoms with Crippen LogP contribution in [0, 0.1) is 5.82 Å². The van der Waals surface area contributed by atoms with Gasteiger partial charge in [0, 0.05) is 18.7 Å². The summed E-state index contributed by atoms with van der Waals surface area (Å²) in [6.07, 6.45) is 0.742. The Labute approximate surface area is 172 Å². The molecule has 8 heteroatoms. The third-order valence-electron chi connectivity index (χ3n) is 4.61. The first-order valence-corrected chi connectivity index (χ1v) is 10.3. The van der Waals surface area contributed by atoms with E-state index in [0.717, 1.165) is 23.2 Å². The lowest BCUT2D eigenvalue weighted by atomic mass is 10.2. The van der Waals surface area contributed by atoms with Gasteiger partial charge in [0.1, 0.15) is 19.0 Å². The summed E-state index contributed by atoms with van der Waals surface area (Å²) in [7, 11) is 3.95. The van der Waals surface area contributed by atoms with E-state index in [1.165, 1.54) is 23.5 Å². The molecule has 29 heavy (non-hydrogen) atoms. The van der Waals surface area contributed by atoms with Crippen LogP contribution in [0.25, 0.3) is 10.2 Å².